The van der Waals surface area contributed by atoms with Crippen molar-refractivity contribution in [2.45, 2.75) is 57.6 Å². The minimum absolute atomic E-state index is 0.00589. The van der Waals surface area contributed by atoms with Gasteiger partial charge in [-0.25, -0.2) is 8.42 Å². The predicted octanol–water partition coefficient (Wildman–Crippen LogP) is 4.45. The standard InChI is InChI=1S/C31H38N4O8S/c1-21-8-17-27(18-28(21)35(38)39)44(40,41)34(24-11-15-26(43-7)16-12-24)20-29(36)33(22(2)30(37)32-31(3,4)5)19-23-9-13-25(42-6)14-10-23/h8-18,22H,19-20H2,1-7H3,(H,32,37)/t22-/m0/s1. The summed E-state index contributed by atoms with van der Waals surface area (Å²) in [5, 5.41) is 14.5. The second-order valence-electron chi connectivity index (χ2n) is 11.2. The number of hydrogen-bond donors (Lipinski definition) is 1. The summed E-state index contributed by atoms with van der Waals surface area (Å²) in [7, 11) is -1.52. The topological polar surface area (TPSA) is 148 Å². The first-order chi connectivity index (χ1) is 20.6. The average molecular weight is 627 g/mol. The van der Waals surface area contributed by atoms with Crippen molar-refractivity contribution in [3.63, 3.8) is 0 Å². The number of carbonyl (C=O) groups is 2. The Morgan fingerprint density at radius 2 is 1.50 bits per heavy atom. The summed E-state index contributed by atoms with van der Waals surface area (Å²) < 4.78 is 39.4. The SMILES string of the molecule is COc1ccc(CN(C(=O)CN(c2ccc(OC)cc2)S(=O)(=O)c2ccc(C)c([N+](=O)[O-])c2)[C@@H](C)C(=O)NC(C)(C)C)cc1. The Balaban J connectivity index is 2.09. The van der Waals surface area contributed by atoms with Gasteiger partial charge in [-0.1, -0.05) is 18.2 Å². The quantitative estimate of drug-likeness (QED) is 0.229. The Labute approximate surface area is 257 Å². The molecule has 44 heavy (non-hydrogen) atoms. The summed E-state index contributed by atoms with van der Waals surface area (Å²) in [4.78, 5) is 39.2. The van der Waals surface area contributed by atoms with Gasteiger partial charge in [0.05, 0.1) is 29.7 Å². The molecule has 3 aromatic carbocycles. The lowest BCUT2D eigenvalue weighted by atomic mass is 10.1. The van der Waals surface area contributed by atoms with Gasteiger partial charge in [0.2, 0.25) is 11.8 Å². The maximum absolute atomic E-state index is 14.1. The van der Waals surface area contributed by atoms with E-state index in [0.29, 0.717) is 17.1 Å². The van der Waals surface area contributed by atoms with E-state index in [-0.39, 0.29) is 28.4 Å². The number of methoxy groups -OCH3 is 2. The zero-order chi connectivity index (χ0) is 32.8. The van der Waals surface area contributed by atoms with E-state index in [0.717, 1.165) is 10.4 Å². The molecule has 0 aliphatic carbocycles. The highest BCUT2D eigenvalue weighted by molar-refractivity contribution is 7.92. The highest BCUT2D eigenvalue weighted by Crippen LogP contribution is 2.29. The second-order valence-corrected chi connectivity index (χ2v) is 13.1. The zero-order valence-electron chi connectivity index (χ0n) is 25.9. The van der Waals surface area contributed by atoms with Crippen LogP contribution < -0.4 is 19.1 Å². The van der Waals surface area contributed by atoms with Gasteiger partial charge in [-0.2, -0.15) is 0 Å². The van der Waals surface area contributed by atoms with Gasteiger partial charge in [0.25, 0.3) is 15.7 Å². The van der Waals surface area contributed by atoms with Gasteiger partial charge < -0.3 is 19.7 Å². The second kappa shape index (κ2) is 13.8. The number of ether oxygens (including phenoxy) is 2. The number of sulfonamides is 1. The van der Waals surface area contributed by atoms with Crippen LogP contribution in [0.2, 0.25) is 0 Å². The summed E-state index contributed by atoms with van der Waals surface area (Å²) >= 11 is 0. The molecule has 0 saturated heterocycles. The van der Waals surface area contributed by atoms with Gasteiger partial charge in [-0.3, -0.25) is 24.0 Å². The molecular formula is C31H38N4O8S. The van der Waals surface area contributed by atoms with Crippen LogP contribution in [0.3, 0.4) is 0 Å². The van der Waals surface area contributed by atoms with Gasteiger partial charge in [0, 0.05) is 23.7 Å². The Hall–Kier alpha value is -4.65. The molecule has 3 aromatic rings. The minimum Gasteiger partial charge on any atom is -0.497 e. The molecular weight excluding hydrogens is 588 g/mol. The predicted molar refractivity (Wildman–Crippen MR) is 166 cm³/mol. The third-order valence-electron chi connectivity index (χ3n) is 6.78. The van der Waals surface area contributed by atoms with Crippen molar-refractivity contribution in [3.05, 3.63) is 88.0 Å². The molecule has 1 atom stereocenters. The molecule has 236 valence electrons. The van der Waals surface area contributed by atoms with Gasteiger partial charge in [-0.05, 0) is 82.6 Å². The van der Waals surface area contributed by atoms with E-state index in [4.69, 9.17) is 9.47 Å². The lowest BCUT2D eigenvalue weighted by Gasteiger charge is -2.33. The number of aryl methyl sites for hydroxylation is 1. The fraction of sp³-hybridized carbons (Fsp3) is 0.355. The van der Waals surface area contributed by atoms with Crippen molar-refractivity contribution in [3.8, 4) is 11.5 Å². The molecule has 2 amide bonds. The number of nitro benzene ring substituents is 1. The molecule has 1 N–H and O–H groups in total. The summed E-state index contributed by atoms with van der Waals surface area (Å²) in [5.41, 5.74) is 0.130. The van der Waals surface area contributed by atoms with Crippen molar-refractivity contribution in [2.75, 3.05) is 25.1 Å². The monoisotopic (exact) mass is 626 g/mol. The fourth-order valence-electron chi connectivity index (χ4n) is 4.34. The number of amides is 2. The summed E-state index contributed by atoms with van der Waals surface area (Å²) in [6.07, 6.45) is 0. The Morgan fingerprint density at radius 3 is 2.00 bits per heavy atom. The lowest BCUT2D eigenvalue weighted by molar-refractivity contribution is -0.385. The molecule has 0 unspecified atom stereocenters. The van der Waals surface area contributed by atoms with E-state index in [9.17, 15) is 28.1 Å². The van der Waals surface area contributed by atoms with Gasteiger partial charge in [0.1, 0.15) is 24.1 Å². The maximum atomic E-state index is 14.1. The van der Waals surface area contributed by atoms with Crippen LogP contribution in [0.1, 0.15) is 38.8 Å². The van der Waals surface area contributed by atoms with Gasteiger partial charge in [-0.15, -0.1) is 0 Å². The molecule has 0 heterocycles. The Morgan fingerprint density at radius 1 is 0.955 bits per heavy atom. The van der Waals surface area contributed by atoms with E-state index in [2.05, 4.69) is 5.32 Å². The van der Waals surface area contributed by atoms with E-state index < -0.39 is 44.9 Å². The summed E-state index contributed by atoms with van der Waals surface area (Å²) in [5.74, 6) is -0.0307. The highest BCUT2D eigenvalue weighted by Gasteiger charge is 2.34. The Bertz CT molecular complexity index is 1600. The van der Waals surface area contributed by atoms with Crippen LogP contribution >= 0.6 is 0 Å². The van der Waals surface area contributed by atoms with Crippen molar-refractivity contribution in [1.82, 2.24) is 10.2 Å². The number of nitro groups is 1. The smallest absolute Gasteiger partial charge is 0.273 e. The number of hydrogen-bond acceptors (Lipinski definition) is 8. The highest BCUT2D eigenvalue weighted by atomic mass is 32.2. The average Bonchev–Trinajstić information content (AvgIpc) is 2.97. The first-order valence-corrected chi connectivity index (χ1v) is 15.2. The third-order valence-corrected chi connectivity index (χ3v) is 8.55. The zero-order valence-corrected chi connectivity index (χ0v) is 26.7. The molecule has 0 spiro atoms. The minimum atomic E-state index is -4.51. The van der Waals surface area contributed by atoms with Crippen LogP contribution in [0.4, 0.5) is 11.4 Å². The van der Waals surface area contributed by atoms with Crippen molar-refractivity contribution in [2.24, 2.45) is 0 Å². The lowest BCUT2D eigenvalue weighted by Crippen LogP contribution is -2.54. The number of carbonyl (C=O) groups excluding carboxylic acids is 2. The third kappa shape index (κ3) is 8.25. The molecule has 0 saturated carbocycles. The molecule has 0 bridgehead atoms. The molecule has 0 aliphatic heterocycles. The largest absolute Gasteiger partial charge is 0.497 e. The summed E-state index contributed by atoms with van der Waals surface area (Å²) in [6, 6.07) is 15.5. The number of anilines is 1. The first kappa shape index (κ1) is 33.8. The fourth-order valence-corrected chi connectivity index (χ4v) is 5.77. The van der Waals surface area contributed by atoms with Crippen LogP contribution in [-0.4, -0.2) is 62.4 Å². The van der Waals surface area contributed by atoms with E-state index in [1.165, 1.54) is 62.4 Å². The van der Waals surface area contributed by atoms with E-state index >= 15 is 0 Å². The normalized spacial score (nSPS) is 12.2. The number of benzene rings is 3. The first-order valence-electron chi connectivity index (χ1n) is 13.7. The number of rotatable bonds is 12. The van der Waals surface area contributed by atoms with Crippen LogP contribution in [0.25, 0.3) is 0 Å². The van der Waals surface area contributed by atoms with Crippen LogP contribution in [0.15, 0.2) is 71.6 Å². The van der Waals surface area contributed by atoms with Gasteiger partial charge in [0.15, 0.2) is 0 Å². The van der Waals surface area contributed by atoms with Crippen LogP contribution in [-0.2, 0) is 26.2 Å². The van der Waals surface area contributed by atoms with E-state index in [1.54, 1.807) is 31.2 Å². The van der Waals surface area contributed by atoms with Crippen molar-refractivity contribution >= 4 is 33.2 Å². The molecule has 0 fully saturated rings. The molecule has 13 heteroatoms. The van der Waals surface area contributed by atoms with E-state index in [1.807, 2.05) is 20.8 Å². The molecule has 0 aliphatic rings. The molecule has 0 radical (unpaired) electrons. The van der Waals surface area contributed by atoms with Gasteiger partial charge >= 0.3 is 0 Å². The number of nitrogens with one attached hydrogen (secondary N) is 1. The number of nitrogens with zero attached hydrogens (tertiary/aromatic N) is 3. The molecule has 0 aromatic heterocycles. The van der Waals surface area contributed by atoms with Crippen molar-refractivity contribution < 1.29 is 32.4 Å². The van der Waals surface area contributed by atoms with Crippen molar-refractivity contribution in [1.29, 1.82) is 0 Å². The van der Waals surface area contributed by atoms with Crippen LogP contribution in [0.5, 0.6) is 11.5 Å². The maximum Gasteiger partial charge on any atom is 0.273 e. The Kier molecular flexibility index (Phi) is 10.6. The molecule has 12 nitrogen and oxygen atoms in total. The summed E-state index contributed by atoms with van der Waals surface area (Å²) in [6.45, 7) is 7.80. The van der Waals surface area contributed by atoms with Crippen LogP contribution in [0, 0.1) is 17.0 Å². The molecule has 3 rings (SSSR count).